The highest BCUT2D eigenvalue weighted by Crippen LogP contribution is 2.38. The number of hydrogen-bond donors (Lipinski definition) is 1. The lowest BCUT2D eigenvalue weighted by Gasteiger charge is -2.33. The molecule has 0 aliphatic carbocycles. The molecule has 0 spiro atoms. The summed E-state index contributed by atoms with van der Waals surface area (Å²) in [5.41, 5.74) is 1.70. The number of carbonyl (C=O) groups is 1. The number of ether oxygens (including phenoxy) is 1. The van der Waals surface area contributed by atoms with E-state index in [1.807, 2.05) is 34.5 Å². The van der Waals surface area contributed by atoms with Crippen LogP contribution < -0.4 is 10.1 Å². The molecule has 4 rings (SSSR count). The summed E-state index contributed by atoms with van der Waals surface area (Å²) in [6.45, 7) is 2.94. The average Bonchev–Trinajstić information content (AvgIpc) is 3.02. The Kier molecular flexibility index (Phi) is 4.38. The summed E-state index contributed by atoms with van der Waals surface area (Å²) in [7, 11) is 0. The Bertz CT molecular complexity index is 675. The van der Waals surface area contributed by atoms with E-state index < -0.39 is 0 Å². The Morgan fingerprint density at radius 2 is 2.09 bits per heavy atom. The smallest absolute Gasteiger partial charge is 0.258 e. The molecule has 1 fully saturated rings. The van der Waals surface area contributed by atoms with Gasteiger partial charge in [0, 0.05) is 30.1 Å². The number of hydrogen-bond acceptors (Lipinski definition) is 4. The van der Waals surface area contributed by atoms with Crippen LogP contribution in [0.25, 0.3) is 10.4 Å². The molecule has 1 aromatic carbocycles. The maximum Gasteiger partial charge on any atom is 0.258 e. The number of fused-ring (bicyclic) bond motifs is 2. The average molecular weight is 337 g/mol. The molecule has 1 aromatic heterocycles. The van der Waals surface area contributed by atoms with Crippen molar-refractivity contribution in [2.24, 2.45) is 0 Å². The maximum absolute atomic E-state index is 12.8. The molecule has 1 saturated heterocycles. The van der Waals surface area contributed by atoms with Gasteiger partial charge in [0.15, 0.2) is 0 Å². The molecule has 2 aliphatic rings. The minimum Gasteiger partial charge on any atom is -0.490 e. The minimum absolute atomic E-state index is 0. The van der Waals surface area contributed by atoms with Crippen molar-refractivity contribution >= 4 is 29.7 Å². The first-order chi connectivity index (χ1) is 10.3. The summed E-state index contributed by atoms with van der Waals surface area (Å²) in [4.78, 5) is 15.9. The molecule has 6 heteroatoms. The molecule has 1 amide bonds. The summed E-state index contributed by atoms with van der Waals surface area (Å²) < 4.78 is 6.05. The van der Waals surface area contributed by atoms with Gasteiger partial charge in [-0.25, -0.2) is 0 Å². The van der Waals surface area contributed by atoms with Gasteiger partial charge >= 0.3 is 0 Å². The minimum atomic E-state index is 0. The monoisotopic (exact) mass is 336 g/mol. The van der Waals surface area contributed by atoms with Crippen LogP contribution in [-0.2, 0) is 0 Å². The van der Waals surface area contributed by atoms with Crippen molar-refractivity contribution in [2.45, 2.75) is 6.04 Å². The topological polar surface area (TPSA) is 41.6 Å². The molecule has 1 unspecified atom stereocenters. The van der Waals surface area contributed by atoms with Crippen molar-refractivity contribution in [3.63, 3.8) is 0 Å². The number of nitrogens with one attached hydrogen (secondary N) is 1. The zero-order valence-corrected chi connectivity index (χ0v) is 13.6. The number of amides is 1. The van der Waals surface area contributed by atoms with Gasteiger partial charge in [-0.15, -0.1) is 23.7 Å². The summed E-state index contributed by atoms with van der Waals surface area (Å²) in [6, 6.07) is 10.0. The largest absolute Gasteiger partial charge is 0.490 e. The molecule has 0 radical (unpaired) electrons. The number of thiophene rings is 1. The van der Waals surface area contributed by atoms with Crippen molar-refractivity contribution in [3.8, 4) is 16.2 Å². The highest BCUT2D eigenvalue weighted by atomic mass is 35.5. The number of nitrogens with zero attached hydrogens (tertiary/aromatic N) is 1. The first kappa shape index (κ1) is 15.3. The molecule has 2 aliphatic heterocycles. The van der Waals surface area contributed by atoms with E-state index in [1.54, 1.807) is 11.3 Å². The summed E-state index contributed by atoms with van der Waals surface area (Å²) in [5, 5.41) is 5.37. The second-order valence-electron chi connectivity index (χ2n) is 5.33. The van der Waals surface area contributed by atoms with E-state index in [0.717, 1.165) is 35.8 Å². The fourth-order valence-electron chi connectivity index (χ4n) is 3.00. The van der Waals surface area contributed by atoms with Crippen LogP contribution in [0.1, 0.15) is 10.4 Å². The lowest BCUT2D eigenvalue weighted by molar-refractivity contribution is 0.0606. The zero-order valence-electron chi connectivity index (χ0n) is 12.0. The third-order valence-corrected chi connectivity index (χ3v) is 4.97. The normalized spacial score (nSPS) is 20.3. The number of para-hydroxylation sites is 1. The van der Waals surface area contributed by atoms with Gasteiger partial charge in [-0.3, -0.25) is 4.79 Å². The van der Waals surface area contributed by atoms with Crippen LogP contribution in [0.15, 0.2) is 35.7 Å². The van der Waals surface area contributed by atoms with Crippen molar-refractivity contribution < 1.29 is 9.53 Å². The van der Waals surface area contributed by atoms with E-state index in [0.29, 0.717) is 12.2 Å². The van der Waals surface area contributed by atoms with Crippen LogP contribution in [0.2, 0.25) is 0 Å². The van der Waals surface area contributed by atoms with Gasteiger partial charge in [0.05, 0.1) is 11.6 Å². The lowest BCUT2D eigenvalue weighted by Crippen LogP contribution is -2.54. The number of carbonyl (C=O) groups excluding carboxylic acids is 1. The fraction of sp³-hybridized carbons (Fsp3) is 0.312. The maximum atomic E-state index is 12.8. The van der Waals surface area contributed by atoms with Crippen molar-refractivity contribution in [1.29, 1.82) is 0 Å². The van der Waals surface area contributed by atoms with Gasteiger partial charge in [-0.2, -0.15) is 0 Å². The molecule has 1 atom stereocenters. The van der Waals surface area contributed by atoms with Gasteiger partial charge in [-0.05, 0) is 23.6 Å². The molecule has 3 heterocycles. The molecule has 0 saturated carbocycles. The van der Waals surface area contributed by atoms with Crippen LogP contribution in [0.4, 0.5) is 0 Å². The van der Waals surface area contributed by atoms with Crippen LogP contribution >= 0.6 is 23.7 Å². The molecule has 1 N–H and O–H groups in total. The third-order valence-electron chi connectivity index (χ3n) is 4.06. The molecular weight excluding hydrogens is 320 g/mol. The standard InChI is InChI=1S/C16H16N2O2S.ClH/c19-16-13-4-1-3-12(14-5-2-8-21-14)15(13)20-10-11-9-17-6-7-18(11)16;/h1-5,8,11,17H,6-7,9-10H2;1H. The number of halogens is 1. The van der Waals surface area contributed by atoms with Crippen molar-refractivity contribution in [3.05, 3.63) is 41.3 Å². The van der Waals surface area contributed by atoms with E-state index in [4.69, 9.17) is 4.74 Å². The SMILES string of the molecule is Cl.O=C1c2cccc(-c3cccs3)c2OCC2CNCCN12. The fourth-order valence-corrected chi connectivity index (χ4v) is 3.75. The summed E-state index contributed by atoms with van der Waals surface area (Å²) in [5.74, 6) is 0.826. The summed E-state index contributed by atoms with van der Waals surface area (Å²) in [6.07, 6.45) is 0. The predicted octanol–water partition coefficient (Wildman–Crippen LogP) is 2.64. The van der Waals surface area contributed by atoms with Gasteiger partial charge in [0.25, 0.3) is 5.91 Å². The van der Waals surface area contributed by atoms with Crippen LogP contribution in [-0.4, -0.2) is 43.1 Å². The van der Waals surface area contributed by atoms with Crippen molar-refractivity contribution in [1.82, 2.24) is 10.2 Å². The highest BCUT2D eigenvalue weighted by Gasteiger charge is 2.33. The van der Waals surface area contributed by atoms with E-state index in [1.165, 1.54) is 0 Å². The summed E-state index contributed by atoms with van der Waals surface area (Å²) >= 11 is 1.67. The van der Waals surface area contributed by atoms with Gasteiger partial charge < -0.3 is 15.0 Å². The van der Waals surface area contributed by atoms with Crippen LogP contribution in [0.5, 0.6) is 5.75 Å². The Morgan fingerprint density at radius 1 is 1.23 bits per heavy atom. The molecule has 4 nitrogen and oxygen atoms in total. The van der Waals surface area contributed by atoms with Crippen LogP contribution in [0.3, 0.4) is 0 Å². The van der Waals surface area contributed by atoms with Crippen LogP contribution in [0, 0.1) is 0 Å². The first-order valence-electron chi connectivity index (χ1n) is 7.16. The second kappa shape index (κ2) is 6.28. The van der Waals surface area contributed by atoms with Gasteiger partial charge in [0.2, 0.25) is 0 Å². The highest BCUT2D eigenvalue weighted by molar-refractivity contribution is 7.13. The van der Waals surface area contributed by atoms with E-state index in [9.17, 15) is 4.79 Å². The Hall–Kier alpha value is -1.56. The number of rotatable bonds is 1. The third kappa shape index (κ3) is 2.49. The molecule has 22 heavy (non-hydrogen) atoms. The first-order valence-corrected chi connectivity index (χ1v) is 8.04. The Labute approximate surface area is 139 Å². The number of piperazine rings is 1. The van der Waals surface area contributed by atoms with Gasteiger partial charge in [-0.1, -0.05) is 12.1 Å². The molecular formula is C16H17ClN2O2S. The predicted molar refractivity (Wildman–Crippen MR) is 90.2 cm³/mol. The van der Waals surface area contributed by atoms with Gasteiger partial charge in [0.1, 0.15) is 12.4 Å². The number of benzene rings is 1. The lowest BCUT2D eigenvalue weighted by atomic mass is 10.1. The Balaban J connectivity index is 0.00000144. The zero-order chi connectivity index (χ0) is 14.2. The van der Waals surface area contributed by atoms with E-state index in [2.05, 4.69) is 11.4 Å². The molecule has 0 bridgehead atoms. The van der Waals surface area contributed by atoms with E-state index in [-0.39, 0.29) is 24.4 Å². The molecule has 116 valence electrons. The van der Waals surface area contributed by atoms with Crippen molar-refractivity contribution in [2.75, 3.05) is 26.2 Å². The molecule has 2 aromatic rings. The second-order valence-corrected chi connectivity index (χ2v) is 6.27. The Morgan fingerprint density at radius 3 is 2.91 bits per heavy atom. The quantitative estimate of drug-likeness (QED) is 0.870. The van der Waals surface area contributed by atoms with E-state index >= 15 is 0 Å².